The summed E-state index contributed by atoms with van der Waals surface area (Å²) >= 11 is 1.63. The van der Waals surface area contributed by atoms with E-state index in [0.717, 1.165) is 38.1 Å². The second-order valence-corrected chi connectivity index (χ2v) is 9.50. The Bertz CT molecular complexity index is 1700. The molecule has 0 spiro atoms. The maximum Gasteiger partial charge on any atom is 0.238 e. The van der Waals surface area contributed by atoms with Crippen molar-refractivity contribution < 1.29 is 4.79 Å². The van der Waals surface area contributed by atoms with Crippen molar-refractivity contribution in [2.45, 2.75) is 0 Å². The van der Waals surface area contributed by atoms with Crippen LogP contribution < -0.4 is 5.32 Å². The van der Waals surface area contributed by atoms with Crippen LogP contribution in [0.5, 0.6) is 0 Å². The monoisotopic (exact) mass is 495 g/mol. The number of rotatable bonds is 6. The van der Waals surface area contributed by atoms with Crippen LogP contribution in [0.1, 0.15) is 0 Å². The lowest BCUT2D eigenvalue weighted by Gasteiger charge is -2.10. The lowest BCUT2D eigenvalue weighted by atomic mass is 10.1. The molecule has 36 heavy (non-hydrogen) atoms. The zero-order chi connectivity index (χ0) is 24.6. The fourth-order valence-electron chi connectivity index (χ4n) is 4.03. The van der Waals surface area contributed by atoms with Crippen molar-refractivity contribution >= 4 is 44.9 Å². The lowest BCUT2D eigenvalue weighted by Crippen LogP contribution is -2.27. The van der Waals surface area contributed by atoms with Crippen LogP contribution in [-0.2, 0) is 4.79 Å². The number of hydrogen-bond donors (Lipinski definition) is 3. The number of thiophene rings is 1. The third-order valence-electron chi connectivity index (χ3n) is 5.60. The highest BCUT2D eigenvalue weighted by molar-refractivity contribution is 7.13. The summed E-state index contributed by atoms with van der Waals surface area (Å²) in [6.45, 7) is 0.286. The van der Waals surface area contributed by atoms with Gasteiger partial charge in [-0.2, -0.15) is 5.10 Å². The Morgan fingerprint density at radius 3 is 2.83 bits per heavy atom. The molecule has 11 heteroatoms. The molecule has 3 N–H and O–H groups in total. The number of pyridine rings is 3. The summed E-state index contributed by atoms with van der Waals surface area (Å²) in [6, 6.07) is 9.75. The number of imidazole rings is 1. The fraction of sp³-hybridized carbons (Fsp3) is 0.120. The first-order valence-electron chi connectivity index (χ1n) is 11.2. The molecule has 0 aromatic carbocycles. The van der Waals surface area contributed by atoms with Crippen LogP contribution in [0.2, 0.25) is 0 Å². The molecule has 6 aromatic rings. The van der Waals surface area contributed by atoms with Crippen molar-refractivity contribution in [3.8, 4) is 33.3 Å². The Hall–Kier alpha value is -4.48. The largest absolute Gasteiger partial charge is 0.336 e. The number of fused-ring (bicyclic) bond motifs is 2. The number of carbonyl (C=O) groups excluding carboxylic acids is 1. The highest BCUT2D eigenvalue weighted by atomic mass is 32.1. The van der Waals surface area contributed by atoms with Crippen LogP contribution in [0.4, 0.5) is 5.69 Å². The quantitative estimate of drug-likeness (QED) is 0.316. The molecule has 1 amide bonds. The van der Waals surface area contributed by atoms with E-state index in [2.05, 4.69) is 35.5 Å². The number of nitrogens with one attached hydrogen (secondary N) is 3. The third kappa shape index (κ3) is 4.10. The van der Waals surface area contributed by atoms with Gasteiger partial charge in [-0.05, 0) is 43.7 Å². The van der Waals surface area contributed by atoms with Crippen LogP contribution in [0.25, 0.3) is 55.3 Å². The van der Waals surface area contributed by atoms with Crippen molar-refractivity contribution in [1.29, 1.82) is 0 Å². The molecule has 6 rings (SSSR count). The predicted octanol–water partition coefficient (Wildman–Crippen LogP) is 4.19. The van der Waals surface area contributed by atoms with Crippen molar-refractivity contribution in [3.05, 3.63) is 60.5 Å². The van der Waals surface area contributed by atoms with E-state index in [9.17, 15) is 4.79 Å². The fourth-order valence-corrected chi connectivity index (χ4v) is 4.75. The van der Waals surface area contributed by atoms with E-state index in [1.807, 2.05) is 49.8 Å². The molecule has 0 aliphatic heterocycles. The highest BCUT2D eigenvalue weighted by Crippen LogP contribution is 2.33. The minimum atomic E-state index is -0.110. The summed E-state index contributed by atoms with van der Waals surface area (Å²) in [5.41, 5.74) is 6.09. The van der Waals surface area contributed by atoms with Crippen LogP contribution in [-0.4, -0.2) is 66.6 Å². The minimum absolute atomic E-state index is 0.110. The number of hydrogen-bond acceptors (Lipinski definition) is 8. The average Bonchev–Trinajstić information content (AvgIpc) is 3.62. The molecule has 6 heterocycles. The number of likely N-dealkylation sites (N-methyl/N-ethyl adjacent to an activating group) is 1. The SMILES string of the molecule is CN(C)CC(=O)Nc1cncc(-c2cc3c(-c4nc5c(-c6cccs6)nccc5[nH]4)n[nH]c3cn2)c1. The topological polar surface area (TPSA) is 128 Å². The summed E-state index contributed by atoms with van der Waals surface area (Å²) < 4.78 is 0. The maximum absolute atomic E-state index is 12.2. The number of H-pyrrole nitrogens is 2. The summed E-state index contributed by atoms with van der Waals surface area (Å²) in [5.74, 6) is 0.530. The zero-order valence-corrected chi connectivity index (χ0v) is 20.3. The Kier molecular flexibility index (Phi) is 5.47. The van der Waals surface area contributed by atoms with E-state index in [1.165, 1.54) is 0 Å². The molecule has 178 valence electrons. The number of aromatic amines is 2. The molecule has 0 saturated heterocycles. The summed E-state index contributed by atoms with van der Waals surface area (Å²) in [5, 5.41) is 13.3. The first-order valence-corrected chi connectivity index (χ1v) is 12.1. The molecule has 0 bridgehead atoms. The van der Waals surface area contributed by atoms with Crippen LogP contribution in [0.15, 0.2) is 60.5 Å². The van der Waals surface area contributed by atoms with Gasteiger partial charge < -0.3 is 15.2 Å². The van der Waals surface area contributed by atoms with Gasteiger partial charge in [-0.25, -0.2) is 4.98 Å². The summed E-state index contributed by atoms with van der Waals surface area (Å²) in [7, 11) is 3.69. The Morgan fingerprint density at radius 2 is 2.00 bits per heavy atom. The highest BCUT2D eigenvalue weighted by Gasteiger charge is 2.17. The van der Waals surface area contributed by atoms with Crippen LogP contribution in [0.3, 0.4) is 0 Å². The van der Waals surface area contributed by atoms with E-state index in [-0.39, 0.29) is 12.5 Å². The van der Waals surface area contributed by atoms with Gasteiger partial charge in [0.25, 0.3) is 0 Å². The van der Waals surface area contributed by atoms with Gasteiger partial charge in [-0.3, -0.25) is 24.8 Å². The Labute approximate surface area is 209 Å². The van der Waals surface area contributed by atoms with Crippen molar-refractivity contribution in [2.24, 2.45) is 0 Å². The Morgan fingerprint density at radius 1 is 1.08 bits per heavy atom. The third-order valence-corrected chi connectivity index (χ3v) is 6.48. The molecular formula is C25H21N9OS. The van der Waals surface area contributed by atoms with Gasteiger partial charge in [0.1, 0.15) is 16.9 Å². The molecule has 0 radical (unpaired) electrons. The molecule has 0 aliphatic rings. The minimum Gasteiger partial charge on any atom is -0.336 e. The van der Waals surface area contributed by atoms with Crippen LogP contribution in [0, 0.1) is 0 Å². The average molecular weight is 496 g/mol. The maximum atomic E-state index is 12.2. The lowest BCUT2D eigenvalue weighted by molar-refractivity contribution is -0.116. The molecule has 0 aliphatic carbocycles. The van der Waals surface area contributed by atoms with Gasteiger partial charge in [0.15, 0.2) is 5.82 Å². The predicted molar refractivity (Wildman–Crippen MR) is 140 cm³/mol. The van der Waals surface area contributed by atoms with E-state index >= 15 is 0 Å². The number of carbonyl (C=O) groups is 1. The van der Waals surface area contributed by atoms with Crippen LogP contribution >= 0.6 is 11.3 Å². The van der Waals surface area contributed by atoms with Crippen molar-refractivity contribution in [2.75, 3.05) is 26.0 Å². The second-order valence-electron chi connectivity index (χ2n) is 8.55. The number of anilines is 1. The summed E-state index contributed by atoms with van der Waals surface area (Å²) in [6.07, 6.45) is 6.85. The normalized spacial score (nSPS) is 11.5. The molecule has 0 fully saturated rings. The first-order chi connectivity index (χ1) is 17.5. The number of nitrogens with zero attached hydrogens (tertiary/aromatic N) is 6. The zero-order valence-electron chi connectivity index (χ0n) is 19.5. The van der Waals surface area contributed by atoms with E-state index in [1.54, 1.807) is 41.0 Å². The molecule has 6 aromatic heterocycles. The van der Waals surface area contributed by atoms with Gasteiger partial charge >= 0.3 is 0 Å². The van der Waals surface area contributed by atoms with Crippen molar-refractivity contribution in [1.82, 2.24) is 40.0 Å². The number of amides is 1. The van der Waals surface area contributed by atoms with Crippen molar-refractivity contribution in [3.63, 3.8) is 0 Å². The standard InChI is InChI=1S/C25H21N9OS/c1-34(2)13-21(35)29-15-8-14(10-26-11-15)18-9-16-19(12-28-18)32-33-22(16)25-30-17-5-6-27-24(23(17)31-25)20-4-3-7-36-20/h3-12H,13H2,1-2H3,(H,29,35)(H,30,31)(H,32,33). The summed E-state index contributed by atoms with van der Waals surface area (Å²) in [4.78, 5) is 36.7. The molecular weight excluding hydrogens is 474 g/mol. The first kappa shape index (κ1) is 22.0. The number of aromatic nitrogens is 7. The molecule has 10 nitrogen and oxygen atoms in total. The second kappa shape index (κ2) is 8.95. The van der Waals surface area contributed by atoms with Gasteiger partial charge in [-0.1, -0.05) is 6.07 Å². The molecule has 0 atom stereocenters. The van der Waals surface area contributed by atoms with Gasteiger partial charge in [0, 0.05) is 23.3 Å². The van der Waals surface area contributed by atoms with Gasteiger partial charge in [0.05, 0.1) is 46.2 Å². The van der Waals surface area contributed by atoms with E-state index in [4.69, 9.17) is 4.98 Å². The molecule has 0 unspecified atom stereocenters. The van der Waals surface area contributed by atoms with E-state index in [0.29, 0.717) is 22.9 Å². The van der Waals surface area contributed by atoms with Gasteiger partial charge in [-0.15, -0.1) is 11.3 Å². The van der Waals surface area contributed by atoms with E-state index < -0.39 is 0 Å². The Balaban J connectivity index is 1.38. The molecule has 0 saturated carbocycles. The van der Waals surface area contributed by atoms with Gasteiger partial charge in [0.2, 0.25) is 5.91 Å². The smallest absolute Gasteiger partial charge is 0.238 e.